The normalized spacial score (nSPS) is 12.6. The van der Waals surface area contributed by atoms with Gasteiger partial charge in [0.15, 0.2) is 0 Å². The van der Waals surface area contributed by atoms with Crippen LogP contribution in [0.2, 0.25) is 0 Å². The molecule has 0 saturated carbocycles. The van der Waals surface area contributed by atoms with Crippen molar-refractivity contribution < 1.29 is 4.74 Å². The summed E-state index contributed by atoms with van der Waals surface area (Å²) in [6.07, 6.45) is 0.846. The van der Waals surface area contributed by atoms with E-state index >= 15 is 0 Å². The minimum absolute atomic E-state index is 0.234. The molecule has 0 saturated heterocycles. The van der Waals surface area contributed by atoms with Crippen LogP contribution in [-0.2, 0) is 6.42 Å². The van der Waals surface area contributed by atoms with Crippen LogP contribution >= 0.6 is 15.9 Å². The van der Waals surface area contributed by atoms with Gasteiger partial charge < -0.3 is 4.74 Å². The Labute approximate surface area is 92.7 Å². The number of hydrogen-bond acceptors (Lipinski definition) is 3. The fourth-order valence-electron chi connectivity index (χ4n) is 1.30. The molecule has 0 aliphatic rings. The molecule has 0 spiro atoms. The van der Waals surface area contributed by atoms with E-state index in [0.717, 1.165) is 22.2 Å². The van der Waals surface area contributed by atoms with Crippen LogP contribution < -0.4 is 16.0 Å². The molecule has 3 N–H and O–H groups in total. The highest BCUT2D eigenvalue weighted by molar-refractivity contribution is 9.10. The van der Waals surface area contributed by atoms with Crippen LogP contribution in [0.1, 0.15) is 12.5 Å². The van der Waals surface area contributed by atoms with Crippen molar-refractivity contribution in [2.75, 3.05) is 7.11 Å². The number of nitrogens with one attached hydrogen (secondary N) is 1. The average Bonchev–Trinajstić information content (AvgIpc) is 2.18. The maximum absolute atomic E-state index is 5.35. The van der Waals surface area contributed by atoms with E-state index in [0.29, 0.717) is 0 Å². The smallest absolute Gasteiger partial charge is 0.122 e. The molecule has 14 heavy (non-hydrogen) atoms. The molecule has 0 amide bonds. The molecular weight excluding hydrogens is 244 g/mol. The van der Waals surface area contributed by atoms with Crippen molar-refractivity contribution in [3.63, 3.8) is 0 Å². The number of halogens is 1. The SMILES string of the molecule is COc1ccc(Br)cc1CC(C)NN. The van der Waals surface area contributed by atoms with Gasteiger partial charge in [0.05, 0.1) is 7.11 Å². The van der Waals surface area contributed by atoms with Gasteiger partial charge in [-0.2, -0.15) is 0 Å². The Balaban J connectivity index is 2.87. The number of nitrogens with two attached hydrogens (primary N) is 1. The fraction of sp³-hybridized carbons (Fsp3) is 0.400. The van der Waals surface area contributed by atoms with Crippen molar-refractivity contribution in [2.45, 2.75) is 19.4 Å². The molecule has 1 unspecified atom stereocenters. The molecule has 3 nitrogen and oxygen atoms in total. The standard InChI is InChI=1S/C10H15BrN2O/c1-7(13-12)5-8-6-9(11)3-4-10(8)14-2/h3-4,6-7,13H,5,12H2,1-2H3. The van der Waals surface area contributed by atoms with E-state index in [9.17, 15) is 0 Å². The minimum atomic E-state index is 0.234. The highest BCUT2D eigenvalue weighted by Crippen LogP contribution is 2.23. The summed E-state index contributed by atoms with van der Waals surface area (Å²) >= 11 is 3.43. The molecule has 1 atom stereocenters. The Hall–Kier alpha value is -0.580. The highest BCUT2D eigenvalue weighted by atomic mass is 79.9. The Kier molecular flexibility index (Phi) is 4.38. The number of rotatable bonds is 4. The van der Waals surface area contributed by atoms with Gasteiger partial charge >= 0.3 is 0 Å². The van der Waals surface area contributed by atoms with Crippen LogP contribution in [-0.4, -0.2) is 13.2 Å². The summed E-state index contributed by atoms with van der Waals surface area (Å²) in [4.78, 5) is 0. The Morgan fingerprint density at radius 2 is 2.29 bits per heavy atom. The lowest BCUT2D eigenvalue weighted by Crippen LogP contribution is -2.34. The molecule has 1 aromatic carbocycles. The van der Waals surface area contributed by atoms with Crippen LogP contribution in [0.15, 0.2) is 22.7 Å². The van der Waals surface area contributed by atoms with Crippen molar-refractivity contribution in [1.82, 2.24) is 5.43 Å². The van der Waals surface area contributed by atoms with Gasteiger partial charge in [-0.25, -0.2) is 0 Å². The van der Waals surface area contributed by atoms with E-state index in [2.05, 4.69) is 21.4 Å². The van der Waals surface area contributed by atoms with Crippen molar-refractivity contribution in [3.05, 3.63) is 28.2 Å². The third kappa shape index (κ3) is 2.97. The van der Waals surface area contributed by atoms with Crippen molar-refractivity contribution in [3.8, 4) is 5.75 Å². The molecular formula is C10H15BrN2O. The molecule has 1 rings (SSSR count). The van der Waals surface area contributed by atoms with Gasteiger partial charge in [-0.05, 0) is 37.1 Å². The first kappa shape index (κ1) is 11.5. The topological polar surface area (TPSA) is 47.3 Å². The summed E-state index contributed by atoms with van der Waals surface area (Å²) < 4.78 is 6.31. The molecule has 0 bridgehead atoms. The Bertz CT molecular complexity index is 304. The maximum Gasteiger partial charge on any atom is 0.122 e. The van der Waals surface area contributed by atoms with Gasteiger partial charge in [0.25, 0.3) is 0 Å². The molecule has 0 aliphatic carbocycles. The predicted molar refractivity (Wildman–Crippen MR) is 61.2 cm³/mol. The number of hydrazine groups is 1. The quantitative estimate of drug-likeness (QED) is 0.640. The second-order valence-corrected chi connectivity index (χ2v) is 4.14. The monoisotopic (exact) mass is 258 g/mol. The largest absolute Gasteiger partial charge is 0.496 e. The van der Waals surface area contributed by atoms with Gasteiger partial charge in [-0.1, -0.05) is 15.9 Å². The second-order valence-electron chi connectivity index (χ2n) is 3.23. The number of hydrogen-bond donors (Lipinski definition) is 2. The zero-order chi connectivity index (χ0) is 10.6. The zero-order valence-corrected chi connectivity index (χ0v) is 9.97. The highest BCUT2D eigenvalue weighted by Gasteiger charge is 2.07. The van der Waals surface area contributed by atoms with E-state index in [1.54, 1.807) is 7.11 Å². The van der Waals surface area contributed by atoms with E-state index in [1.165, 1.54) is 0 Å². The first-order valence-corrected chi connectivity index (χ1v) is 5.25. The zero-order valence-electron chi connectivity index (χ0n) is 8.38. The molecule has 0 heterocycles. The van der Waals surface area contributed by atoms with Crippen LogP contribution in [0, 0.1) is 0 Å². The lowest BCUT2D eigenvalue weighted by atomic mass is 10.1. The van der Waals surface area contributed by atoms with Crippen LogP contribution in [0.25, 0.3) is 0 Å². The number of benzene rings is 1. The first-order chi connectivity index (χ1) is 6.67. The number of methoxy groups -OCH3 is 1. The molecule has 4 heteroatoms. The molecule has 0 aromatic heterocycles. The van der Waals surface area contributed by atoms with E-state index < -0.39 is 0 Å². The lowest BCUT2D eigenvalue weighted by Gasteiger charge is -2.13. The summed E-state index contributed by atoms with van der Waals surface area (Å²) in [7, 11) is 1.67. The summed E-state index contributed by atoms with van der Waals surface area (Å²) in [5, 5.41) is 0. The minimum Gasteiger partial charge on any atom is -0.496 e. The van der Waals surface area contributed by atoms with E-state index in [-0.39, 0.29) is 6.04 Å². The van der Waals surface area contributed by atoms with Crippen LogP contribution in [0.3, 0.4) is 0 Å². The number of ether oxygens (including phenoxy) is 1. The molecule has 0 aliphatic heterocycles. The fourth-order valence-corrected chi connectivity index (χ4v) is 1.70. The molecule has 0 radical (unpaired) electrons. The van der Waals surface area contributed by atoms with Crippen molar-refractivity contribution in [2.24, 2.45) is 5.84 Å². The Morgan fingerprint density at radius 1 is 1.57 bits per heavy atom. The average molecular weight is 259 g/mol. The third-order valence-electron chi connectivity index (χ3n) is 2.05. The summed E-state index contributed by atoms with van der Waals surface area (Å²) in [5.41, 5.74) is 3.86. The van der Waals surface area contributed by atoms with Gasteiger partial charge in [0, 0.05) is 10.5 Å². The molecule has 0 fully saturated rings. The third-order valence-corrected chi connectivity index (χ3v) is 2.55. The predicted octanol–water partition coefficient (Wildman–Crippen LogP) is 1.85. The first-order valence-electron chi connectivity index (χ1n) is 4.46. The van der Waals surface area contributed by atoms with Crippen LogP contribution in [0.4, 0.5) is 0 Å². The summed E-state index contributed by atoms with van der Waals surface area (Å²) in [6.45, 7) is 2.03. The molecule has 1 aromatic rings. The maximum atomic E-state index is 5.35. The van der Waals surface area contributed by atoms with E-state index in [4.69, 9.17) is 10.6 Å². The second kappa shape index (κ2) is 5.34. The van der Waals surface area contributed by atoms with Gasteiger partial charge in [-0.15, -0.1) is 0 Å². The summed E-state index contributed by atoms with van der Waals surface area (Å²) in [5.74, 6) is 6.25. The van der Waals surface area contributed by atoms with Gasteiger partial charge in [-0.3, -0.25) is 11.3 Å². The summed E-state index contributed by atoms with van der Waals surface area (Å²) in [6, 6.07) is 6.19. The van der Waals surface area contributed by atoms with Crippen LogP contribution in [0.5, 0.6) is 5.75 Å². The lowest BCUT2D eigenvalue weighted by molar-refractivity contribution is 0.406. The van der Waals surface area contributed by atoms with Crippen molar-refractivity contribution in [1.29, 1.82) is 0 Å². The van der Waals surface area contributed by atoms with E-state index in [1.807, 2.05) is 25.1 Å². The Morgan fingerprint density at radius 3 is 2.86 bits per heavy atom. The molecule has 78 valence electrons. The van der Waals surface area contributed by atoms with Crippen molar-refractivity contribution >= 4 is 15.9 Å². The van der Waals surface area contributed by atoms with Gasteiger partial charge in [0.1, 0.15) is 5.75 Å². The van der Waals surface area contributed by atoms with Gasteiger partial charge in [0.2, 0.25) is 0 Å².